The summed E-state index contributed by atoms with van der Waals surface area (Å²) < 4.78 is 16.7. The number of amides is 1. The first-order chi connectivity index (χ1) is 16.1. The summed E-state index contributed by atoms with van der Waals surface area (Å²) in [5.74, 6) is 2.89. The normalized spacial score (nSPS) is 14.8. The van der Waals surface area contributed by atoms with Gasteiger partial charge in [-0.3, -0.25) is 9.69 Å². The van der Waals surface area contributed by atoms with Crippen LogP contribution in [0.4, 0.5) is 0 Å². The first kappa shape index (κ1) is 22.9. The molecule has 0 saturated carbocycles. The predicted octanol–water partition coefficient (Wildman–Crippen LogP) is 4.20. The highest BCUT2D eigenvalue weighted by Crippen LogP contribution is 2.33. The fraction of sp³-hybridized carbons (Fsp3) is 0.385. The maximum atomic E-state index is 12.6. The molecule has 2 aromatic carbocycles. The third-order valence-electron chi connectivity index (χ3n) is 6.16. The number of aryl methyl sites for hydroxylation is 1. The van der Waals surface area contributed by atoms with Crippen molar-refractivity contribution in [2.45, 2.75) is 32.9 Å². The van der Waals surface area contributed by atoms with Crippen molar-refractivity contribution in [1.29, 1.82) is 0 Å². The summed E-state index contributed by atoms with van der Waals surface area (Å²) in [5, 5.41) is 3.08. The van der Waals surface area contributed by atoms with Gasteiger partial charge in [0.15, 0.2) is 11.5 Å². The van der Waals surface area contributed by atoms with Crippen molar-refractivity contribution in [2.24, 2.45) is 5.92 Å². The van der Waals surface area contributed by atoms with E-state index in [0.29, 0.717) is 30.5 Å². The number of benzene rings is 2. The lowest BCUT2D eigenvalue weighted by Gasteiger charge is -2.30. The number of methoxy groups -OCH3 is 2. The molecule has 7 nitrogen and oxygen atoms in total. The third kappa shape index (κ3) is 5.54. The fourth-order valence-electron chi connectivity index (χ4n) is 4.16. The minimum absolute atomic E-state index is 0.0608. The summed E-state index contributed by atoms with van der Waals surface area (Å²) >= 11 is 0. The zero-order valence-corrected chi connectivity index (χ0v) is 19.5. The molecule has 1 aromatic heterocycles. The number of hydrogen-bond donors (Lipinski definition) is 1. The average Bonchev–Trinajstić information content (AvgIpc) is 3.23. The van der Waals surface area contributed by atoms with Crippen LogP contribution in [0.3, 0.4) is 0 Å². The molecule has 3 aromatic rings. The number of ether oxygens (including phenoxy) is 2. The molecule has 1 fully saturated rings. The smallest absolute Gasteiger partial charge is 0.226 e. The molecule has 0 atom stereocenters. The maximum Gasteiger partial charge on any atom is 0.226 e. The van der Waals surface area contributed by atoms with Crippen LogP contribution in [0.5, 0.6) is 11.5 Å². The molecule has 1 aliphatic rings. The molecule has 4 rings (SSSR count). The molecule has 1 aliphatic heterocycles. The van der Waals surface area contributed by atoms with Gasteiger partial charge in [-0.05, 0) is 56.6 Å². The standard InChI is InChI=1S/C26H31N3O4/c1-18-22(28-26(33-18)21-9-10-23(31-2)24(15-21)32-3)17-29-13-11-20(12-14-29)25(30)27-16-19-7-5-4-6-8-19/h4-10,15,20H,11-14,16-17H2,1-3H3,(H,27,30). The molecule has 174 valence electrons. The van der Waals surface area contributed by atoms with Crippen molar-refractivity contribution >= 4 is 5.91 Å². The van der Waals surface area contributed by atoms with Gasteiger partial charge in [0.25, 0.3) is 0 Å². The molecule has 0 aliphatic carbocycles. The molecule has 0 spiro atoms. The highest BCUT2D eigenvalue weighted by atomic mass is 16.5. The van der Waals surface area contributed by atoms with E-state index in [2.05, 4.69) is 10.2 Å². The minimum atomic E-state index is 0.0608. The van der Waals surface area contributed by atoms with Gasteiger partial charge in [0.05, 0.1) is 19.9 Å². The van der Waals surface area contributed by atoms with Crippen LogP contribution in [0, 0.1) is 12.8 Å². The van der Waals surface area contributed by atoms with Crippen molar-refractivity contribution in [2.75, 3.05) is 27.3 Å². The summed E-state index contributed by atoms with van der Waals surface area (Å²) in [6.45, 7) is 4.96. The molecule has 1 amide bonds. The van der Waals surface area contributed by atoms with E-state index in [1.54, 1.807) is 14.2 Å². The predicted molar refractivity (Wildman–Crippen MR) is 126 cm³/mol. The van der Waals surface area contributed by atoms with Gasteiger partial charge in [0.1, 0.15) is 5.76 Å². The highest BCUT2D eigenvalue weighted by molar-refractivity contribution is 5.78. The Bertz CT molecular complexity index is 1070. The molecule has 0 bridgehead atoms. The number of rotatable bonds is 8. The maximum absolute atomic E-state index is 12.6. The number of likely N-dealkylation sites (tertiary alicyclic amines) is 1. The number of carbonyl (C=O) groups excluding carboxylic acids is 1. The van der Waals surface area contributed by atoms with Crippen molar-refractivity contribution in [3.63, 3.8) is 0 Å². The highest BCUT2D eigenvalue weighted by Gasteiger charge is 2.26. The Kier molecular flexibility index (Phi) is 7.29. The Balaban J connectivity index is 1.32. The van der Waals surface area contributed by atoms with E-state index in [1.807, 2.05) is 55.5 Å². The van der Waals surface area contributed by atoms with E-state index in [0.717, 1.165) is 48.5 Å². The van der Waals surface area contributed by atoms with Crippen LogP contribution >= 0.6 is 0 Å². The van der Waals surface area contributed by atoms with E-state index in [9.17, 15) is 4.79 Å². The molecular formula is C26H31N3O4. The average molecular weight is 450 g/mol. The van der Waals surface area contributed by atoms with Gasteiger partial charge < -0.3 is 19.2 Å². The van der Waals surface area contributed by atoms with Crippen molar-refractivity contribution in [3.8, 4) is 23.0 Å². The van der Waals surface area contributed by atoms with Gasteiger partial charge >= 0.3 is 0 Å². The van der Waals surface area contributed by atoms with Crippen LogP contribution in [0.2, 0.25) is 0 Å². The van der Waals surface area contributed by atoms with E-state index >= 15 is 0 Å². The second-order valence-corrected chi connectivity index (χ2v) is 8.35. The second-order valence-electron chi connectivity index (χ2n) is 8.35. The Morgan fingerprint density at radius 1 is 1.09 bits per heavy atom. The summed E-state index contributed by atoms with van der Waals surface area (Å²) in [4.78, 5) is 19.6. The number of carbonyl (C=O) groups is 1. The lowest BCUT2D eigenvalue weighted by Crippen LogP contribution is -2.40. The van der Waals surface area contributed by atoms with Crippen molar-refractivity contribution in [1.82, 2.24) is 15.2 Å². The summed E-state index contributed by atoms with van der Waals surface area (Å²) in [6, 6.07) is 15.6. The Hall–Kier alpha value is -3.32. The molecule has 33 heavy (non-hydrogen) atoms. The number of aromatic nitrogens is 1. The van der Waals surface area contributed by atoms with Gasteiger partial charge in [-0.25, -0.2) is 4.98 Å². The molecule has 7 heteroatoms. The number of oxazole rings is 1. The SMILES string of the molecule is COc1ccc(-c2nc(CN3CCC(C(=O)NCc4ccccc4)CC3)c(C)o2)cc1OC. The van der Waals surface area contributed by atoms with E-state index in [4.69, 9.17) is 18.9 Å². The monoisotopic (exact) mass is 449 g/mol. The van der Waals surface area contributed by atoms with Gasteiger partial charge in [0, 0.05) is 24.6 Å². The molecule has 0 unspecified atom stereocenters. The number of nitrogens with one attached hydrogen (secondary N) is 1. The Morgan fingerprint density at radius 2 is 1.82 bits per heavy atom. The lowest BCUT2D eigenvalue weighted by molar-refractivity contribution is -0.126. The van der Waals surface area contributed by atoms with Crippen LogP contribution in [-0.4, -0.2) is 43.1 Å². The Morgan fingerprint density at radius 3 is 2.52 bits per heavy atom. The molecule has 1 saturated heterocycles. The lowest BCUT2D eigenvalue weighted by atomic mass is 9.95. The first-order valence-electron chi connectivity index (χ1n) is 11.3. The first-order valence-corrected chi connectivity index (χ1v) is 11.3. The quantitative estimate of drug-likeness (QED) is 0.556. The van der Waals surface area contributed by atoms with Crippen LogP contribution < -0.4 is 14.8 Å². The topological polar surface area (TPSA) is 76.8 Å². The number of piperidine rings is 1. The summed E-state index contributed by atoms with van der Waals surface area (Å²) in [5.41, 5.74) is 2.89. The Labute approximate surface area is 194 Å². The van der Waals surface area contributed by atoms with Crippen molar-refractivity contribution < 1.29 is 18.7 Å². The fourth-order valence-corrected chi connectivity index (χ4v) is 4.16. The van der Waals surface area contributed by atoms with Gasteiger partial charge in [0.2, 0.25) is 11.8 Å². The molecular weight excluding hydrogens is 418 g/mol. The minimum Gasteiger partial charge on any atom is -0.493 e. The van der Waals surface area contributed by atoms with Crippen LogP contribution in [0.25, 0.3) is 11.5 Å². The van der Waals surface area contributed by atoms with Gasteiger partial charge in [-0.1, -0.05) is 30.3 Å². The van der Waals surface area contributed by atoms with E-state index < -0.39 is 0 Å². The number of hydrogen-bond acceptors (Lipinski definition) is 6. The van der Waals surface area contributed by atoms with Crippen molar-refractivity contribution in [3.05, 3.63) is 65.5 Å². The summed E-state index contributed by atoms with van der Waals surface area (Å²) in [7, 11) is 3.22. The van der Waals surface area contributed by atoms with Gasteiger partial charge in [-0.2, -0.15) is 0 Å². The van der Waals surface area contributed by atoms with E-state index in [1.165, 1.54) is 0 Å². The zero-order chi connectivity index (χ0) is 23.2. The third-order valence-corrected chi connectivity index (χ3v) is 6.16. The molecule has 0 radical (unpaired) electrons. The van der Waals surface area contributed by atoms with Gasteiger partial charge in [-0.15, -0.1) is 0 Å². The number of nitrogens with zero attached hydrogens (tertiary/aromatic N) is 2. The largest absolute Gasteiger partial charge is 0.493 e. The van der Waals surface area contributed by atoms with Crippen LogP contribution in [0.15, 0.2) is 52.9 Å². The van der Waals surface area contributed by atoms with E-state index in [-0.39, 0.29) is 11.8 Å². The second kappa shape index (κ2) is 10.5. The van der Waals surface area contributed by atoms with Crippen LogP contribution in [-0.2, 0) is 17.9 Å². The molecule has 2 heterocycles. The molecule has 1 N–H and O–H groups in total. The van der Waals surface area contributed by atoms with Crippen LogP contribution in [0.1, 0.15) is 29.9 Å². The zero-order valence-electron chi connectivity index (χ0n) is 19.5. The summed E-state index contributed by atoms with van der Waals surface area (Å²) in [6.07, 6.45) is 1.69.